The summed E-state index contributed by atoms with van der Waals surface area (Å²) >= 11 is 0. The van der Waals surface area contributed by atoms with Gasteiger partial charge in [-0.2, -0.15) is 0 Å². The Morgan fingerprint density at radius 2 is 0.704 bits per heavy atom. The lowest BCUT2D eigenvalue weighted by molar-refractivity contribution is -0.883. The number of carbonyl (C=O) groups excluding carboxylic acids is 4. The summed E-state index contributed by atoms with van der Waals surface area (Å²) in [6.45, 7) is 18.7. The molecule has 98 heavy (non-hydrogen) atoms. The standard InChI is InChI=1S/C86H164N4O6.2ClH/c1-11-13-15-49-61-79-67-68-80(62-50-41-38-44-54-66-84(92)88-70-58-72-90(9,10)76-86(94)96-74-56-46-37-30-26-22-18-20-24-28-33-40-48-60-78(5)6)82(81(79)63-51-16-14-12-2)64-52-42-34-31-35-43-53-65-83(91)87-69-57-71-89(7,8)75-85(93)95-73-55-45-36-29-25-21-17-19-23-27-32-39-47-59-77(3)4;;/h52,64,67-68,77-82H,11-51,53-63,65-66,69-76H2,1-10H3;2*1H. The number of ether oxygens (including phenoxy) is 2. The van der Waals surface area contributed by atoms with E-state index in [-0.39, 0.29) is 48.6 Å². The normalized spacial score (nSPS) is 15.6. The number of rotatable bonds is 71. The summed E-state index contributed by atoms with van der Waals surface area (Å²) in [5, 5.41) is 6.30. The van der Waals surface area contributed by atoms with Crippen molar-refractivity contribution in [3.05, 3.63) is 24.3 Å². The fraction of sp³-hybridized carbons (Fsp3) is 0.907. The highest BCUT2D eigenvalue weighted by Crippen LogP contribution is 2.43. The van der Waals surface area contributed by atoms with Crippen LogP contribution in [0.1, 0.15) is 388 Å². The van der Waals surface area contributed by atoms with Crippen molar-refractivity contribution in [2.45, 2.75) is 388 Å². The zero-order valence-corrected chi connectivity index (χ0v) is 68.2. The smallest absolute Gasteiger partial charge is 0.361 e. The quantitative estimate of drug-likeness (QED) is 0.0272. The number of carbonyl (C=O) groups is 4. The summed E-state index contributed by atoms with van der Waals surface area (Å²) in [7, 11) is 8.34. The van der Waals surface area contributed by atoms with Crippen molar-refractivity contribution in [2.24, 2.45) is 35.5 Å². The molecule has 0 aliphatic heterocycles. The number of likely N-dealkylation sites (N-methyl/N-ethyl adjacent to an activating group) is 2. The Morgan fingerprint density at radius 1 is 0.388 bits per heavy atom. The Bertz CT molecular complexity index is 1860. The number of halogens is 2. The van der Waals surface area contributed by atoms with Crippen molar-refractivity contribution < 1.29 is 62.4 Å². The number of quaternary nitrogens is 2. The van der Waals surface area contributed by atoms with Crippen LogP contribution in [0.15, 0.2) is 24.3 Å². The van der Waals surface area contributed by atoms with Gasteiger partial charge in [0, 0.05) is 38.8 Å². The van der Waals surface area contributed by atoms with Crippen LogP contribution in [0.5, 0.6) is 0 Å². The molecule has 12 heteroatoms. The van der Waals surface area contributed by atoms with Gasteiger partial charge in [0.2, 0.25) is 11.8 Å². The van der Waals surface area contributed by atoms with Gasteiger partial charge in [0.25, 0.3) is 0 Å². The molecule has 1 aliphatic carbocycles. The molecule has 0 spiro atoms. The molecule has 2 amide bonds. The summed E-state index contributed by atoms with van der Waals surface area (Å²) < 4.78 is 12.4. The van der Waals surface area contributed by atoms with E-state index in [1.807, 2.05) is 0 Å². The average Bonchev–Trinajstić information content (AvgIpc) is 0.823. The van der Waals surface area contributed by atoms with Gasteiger partial charge in [0.05, 0.1) is 54.5 Å². The topological polar surface area (TPSA) is 111 Å². The first-order valence-corrected chi connectivity index (χ1v) is 42.3. The number of unbranched alkanes of at least 4 members (excludes halogenated alkanes) is 39. The van der Waals surface area contributed by atoms with Crippen molar-refractivity contribution in [2.75, 3.05) is 80.7 Å². The Hall–Kier alpha value is -2.14. The molecule has 1 rings (SSSR count). The summed E-state index contributed by atoms with van der Waals surface area (Å²) in [5.74, 6) is 4.45. The maximum Gasteiger partial charge on any atom is 0.361 e. The van der Waals surface area contributed by atoms with Crippen LogP contribution in [0.25, 0.3) is 0 Å². The van der Waals surface area contributed by atoms with Gasteiger partial charge in [-0.05, 0) is 93.3 Å². The van der Waals surface area contributed by atoms with E-state index >= 15 is 0 Å². The van der Waals surface area contributed by atoms with Crippen molar-refractivity contribution in [3.8, 4) is 0 Å². The summed E-state index contributed by atoms with van der Waals surface area (Å²) in [5.41, 5.74) is 0. The van der Waals surface area contributed by atoms with Crippen LogP contribution in [0.2, 0.25) is 0 Å². The molecule has 0 aromatic carbocycles. The van der Waals surface area contributed by atoms with Gasteiger partial charge in [0.15, 0.2) is 13.1 Å². The van der Waals surface area contributed by atoms with Gasteiger partial charge in [-0.1, -0.05) is 329 Å². The third-order valence-electron chi connectivity index (χ3n) is 21.0. The lowest BCUT2D eigenvalue weighted by atomic mass is 9.66. The molecule has 0 saturated carbocycles. The Labute approximate surface area is 622 Å². The lowest BCUT2D eigenvalue weighted by Crippen LogP contribution is -3.00. The van der Waals surface area contributed by atoms with E-state index in [0.29, 0.717) is 79.0 Å². The van der Waals surface area contributed by atoms with E-state index in [9.17, 15) is 19.2 Å². The molecule has 0 saturated heterocycles. The number of nitrogens with zero attached hydrogens (tertiary/aromatic N) is 2. The predicted octanol–water partition coefficient (Wildman–Crippen LogP) is 17.5. The number of nitrogens with one attached hydrogen (secondary N) is 2. The van der Waals surface area contributed by atoms with E-state index in [1.165, 1.54) is 263 Å². The van der Waals surface area contributed by atoms with Gasteiger partial charge in [-0.15, -0.1) is 0 Å². The van der Waals surface area contributed by atoms with Crippen LogP contribution in [0, 0.1) is 35.5 Å². The summed E-state index contributed by atoms with van der Waals surface area (Å²) in [6, 6.07) is 0. The van der Waals surface area contributed by atoms with E-state index in [1.54, 1.807) is 0 Å². The fourth-order valence-corrected chi connectivity index (χ4v) is 14.8. The van der Waals surface area contributed by atoms with Crippen LogP contribution >= 0.6 is 0 Å². The molecule has 4 atom stereocenters. The Balaban J connectivity index is 0. The third kappa shape index (κ3) is 63.5. The van der Waals surface area contributed by atoms with E-state index in [0.717, 1.165) is 101 Å². The SMILES string of the molecule is CCCCCCC1C=CC(CCCCCCCC(=O)NCCC[N+](C)(C)CC(=O)OCCCCCCCCCCCCCCCC(C)C)C(C=CCCCCCCCC(=O)NCCC[N+](C)(C)CC(=O)OCCCCCCCCCCCCCCCC(C)C)C1CCCCCC.[Cl-].[Cl-]. The van der Waals surface area contributed by atoms with Crippen LogP contribution in [0.3, 0.4) is 0 Å². The molecule has 4 unspecified atom stereocenters. The number of hydrogen-bond acceptors (Lipinski definition) is 6. The Morgan fingerprint density at radius 3 is 1.09 bits per heavy atom. The first kappa shape index (κ1) is 97.9. The predicted molar refractivity (Wildman–Crippen MR) is 414 cm³/mol. The largest absolute Gasteiger partial charge is 1.00 e. The Kier molecular flexibility index (Phi) is 69.2. The van der Waals surface area contributed by atoms with E-state index in [2.05, 4.69) is 105 Å². The second kappa shape index (κ2) is 69.2. The molecule has 10 nitrogen and oxygen atoms in total. The van der Waals surface area contributed by atoms with Gasteiger partial charge in [-0.3, -0.25) is 9.59 Å². The fourth-order valence-electron chi connectivity index (χ4n) is 14.8. The molecule has 1 aliphatic rings. The first-order valence-electron chi connectivity index (χ1n) is 42.3. The molecule has 0 radical (unpaired) electrons. The number of esters is 2. The van der Waals surface area contributed by atoms with Gasteiger partial charge >= 0.3 is 11.9 Å². The maximum atomic E-state index is 12.8. The summed E-state index contributed by atoms with van der Waals surface area (Å²) in [4.78, 5) is 50.9. The zero-order valence-electron chi connectivity index (χ0n) is 66.7. The minimum Gasteiger partial charge on any atom is -1.00 e. The minimum absolute atomic E-state index is 0. The van der Waals surface area contributed by atoms with Crippen LogP contribution < -0.4 is 35.4 Å². The van der Waals surface area contributed by atoms with Crippen LogP contribution in [-0.4, -0.2) is 113 Å². The van der Waals surface area contributed by atoms with E-state index < -0.39 is 0 Å². The molecule has 0 aromatic heterocycles. The molecular formula is C86H166Cl2N4O6. The molecule has 0 bridgehead atoms. The highest BCUT2D eigenvalue weighted by atomic mass is 35.5. The minimum atomic E-state index is -0.111. The summed E-state index contributed by atoms with van der Waals surface area (Å²) in [6.07, 6.45) is 77.6. The van der Waals surface area contributed by atoms with Gasteiger partial charge in [-0.25, -0.2) is 9.59 Å². The molecule has 2 N–H and O–H groups in total. The monoisotopic (exact) mass is 1420 g/mol. The highest BCUT2D eigenvalue weighted by molar-refractivity contribution is 5.76. The van der Waals surface area contributed by atoms with Gasteiger partial charge in [0.1, 0.15) is 0 Å². The zero-order chi connectivity index (χ0) is 70.3. The second-order valence-electron chi connectivity index (χ2n) is 32.7. The maximum absolute atomic E-state index is 12.8. The molecule has 580 valence electrons. The number of amides is 2. The van der Waals surface area contributed by atoms with E-state index in [4.69, 9.17) is 9.47 Å². The first-order chi connectivity index (χ1) is 46.5. The van der Waals surface area contributed by atoms with Crippen molar-refractivity contribution in [3.63, 3.8) is 0 Å². The third-order valence-corrected chi connectivity index (χ3v) is 21.0. The highest BCUT2D eigenvalue weighted by Gasteiger charge is 2.34. The van der Waals surface area contributed by atoms with Crippen LogP contribution in [0.4, 0.5) is 0 Å². The molecule has 0 fully saturated rings. The second-order valence-corrected chi connectivity index (χ2v) is 32.7. The van der Waals surface area contributed by atoms with Crippen LogP contribution in [-0.2, 0) is 28.7 Å². The number of allylic oxidation sites excluding steroid dienone is 4. The molecular weight excluding hydrogens is 1260 g/mol. The van der Waals surface area contributed by atoms with Gasteiger partial charge < -0.3 is 53.9 Å². The average molecular weight is 1420 g/mol. The van der Waals surface area contributed by atoms with Crippen molar-refractivity contribution in [1.82, 2.24) is 10.6 Å². The van der Waals surface area contributed by atoms with Crippen molar-refractivity contribution in [1.29, 1.82) is 0 Å². The van der Waals surface area contributed by atoms with Crippen molar-refractivity contribution >= 4 is 23.8 Å². The molecule has 0 aromatic rings. The molecule has 0 heterocycles. The lowest BCUT2D eigenvalue weighted by Gasteiger charge is -2.39. The number of hydrogen-bond donors (Lipinski definition) is 2.